The van der Waals surface area contributed by atoms with Gasteiger partial charge in [-0.2, -0.15) is 0 Å². The first kappa shape index (κ1) is 27.9. The van der Waals surface area contributed by atoms with Crippen molar-refractivity contribution in [2.75, 3.05) is 16.4 Å². The van der Waals surface area contributed by atoms with E-state index in [1.54, 1.807) is 91.0 Å². The number of rotatable bonds is 9. The number of halogens is 2. The third kappa shape index (κ3) is 8.71. The van der Waals surface area contributed by atoms with Crippen LogP contribution in [0.15, 0.2) is 108 Å². The molecule has 0 aliphatic heterocycles. The smallest absolute Gasteiger partial charge is 0.272 e. The van der Waals surface area contributed by atoms with Crippen molar-refractivity contribution in [3.63, 3.8) is 0 Å². The zero-order valence-corrected chi connectivity index (χ0v) is 22.7. The molecule has 0 spiro atoms. The molecule has 3 N–H and O–H groups in total. The van der Waals surface area contributed by atoms with Crippen molar-refractivity contribution in [2.45, 2.75) is 4.90 Å². The summed E-state index contributed by atoms with van der Waals surface area (Å²) in [6, 6.07) is 25.8. The van der Waals surface area contributed by atoms with E-state index in [0.717, 1.165) is 4.90 Å². The molecule has 10 heteroatoms. The summed E-state index contributed by atoms with van der Waals surface area (Å²) in [5.74, 6) is -0.625. The molecule has 0 saturated heterocycles. The zero-order valence-electron chi connectivity index (χ0n) is 20.4. The second-order valence-corrected chi connectivity index (χ2v) is 10.0. The number of benzene rings is 3. The van der Waals surface area contributed by atoms with Gasteiger partial charge in [0, 0.05) is 27.4 Å². The Balaban J connectivity index is 1.44. The summed E-state index contributed by atoms with van der Waals surface area (Å²) in [6.45, 7) is 0. The maximum Gasteiger partial charge on any atom is 0.272 e. The van der Waals surface area contributed by atoms with Crippen LogP contribution in [0.3, 0.4) is 0 Å². The average molecular weight is 577 g/mol. The summed E-state index contributed by atoms with van der Waals surface area (Å²) in [5, 5.41) is 9.26. The lowest BCUT2D eigenvalue weighted by Crippen LogP contribution is -2.30. The van der Waals surface area contributed by atoms with Gasteiger partial charge in [0.25, 0.3) is 11.8 Å². The van der Waals surface area contributed by atoms with Gasteiger partial charge in [-0.3, -0.25) is 14.4 Å². The normalized spacial score (nSPS) is 11.0. The van der Waals surface area contributed by atoms with Gasteiger partial charge in [0.2, 0.25) is 5.91 Å². The molecule has 196 valence electrons. The monoisotopic (exact) mass is 576 g/mol. The Morgan fingerprint density at radius 1 is 0.821 bits per heavy atom. The molecule has 0 atom stereocenters. The second-order valence-electron chi connectivity index (χ2n) is 8.11. The molecule has 1 heterocycles. The Labute approximate surface area is 239 Å². The lowest BCUT2D eigenvalue weighted by Gasteiger charge is -2.12. The lowest BCUT2D eigenvalue weighted by molar-refractivity contribution is -0.114. The largest absolute Gasteiger partial charge is 0.321 e. The SMILES string of the molecule is O=C(CSc1cccc(NC(=O)/C(=C/c2ccc(Cl)cc2)NC(=O)c2ccccc2)c1)Nc1ccc(Cl)cn1. The number of nitrogens with one attached hydrogen (secondary N) is 3. The second kappa shape index (κ2) is 13.6. The minimum Gasteiger partial charge on any atom is -0.321 e. The predicted molar refractivity (Wildman–Crippen MR) is 157 cm³/mol. The van der Waals surface area contributed by atoms with Gasteiger partial charge < -0.3 is 16.0 Å². The number of anilines is 2. The number of amides is 3. The number of pyridine rings is 1. The van der Waals surface area contributed by atoms with Gasteiger partial charge in [-0.05, 0) is 66.2 Å². The summed E-state index contributed by atoms with van der Waals surface area (Å²) in [7, 11) is 0. The van der Waals surface area contributed by atoms with Crippen LogP contribution in [0.25, 0.3) is 6.08 Å². The summed E-state index contributed by atoms with van der Waals surface area (Å²) in [4.78, 5) is 43.2. The quantitative estimate of drug-likeness (QED) is 0.155. The summed E-state index contributed by atoms with van der Waals surface area (Å²) < 4.78 is 0. The number of carbonyl (C=O) groups is 3. The molecule has 7 nitrogen and oxygen atoms in total. The number of nitrogens with zero attached hydrogens (tertiary/aromatic N) is 1. The predicted octanol–water partition coefficient (Wildman–Crippen LogP) is 6.53. The van der Waals surface area contributed by atoms with E-state index >= 15 is 0 Å². The zero-order chi connectivity index (χ0) is 27.6. The fourth-order valence-corrected chi connectivity index (χ4v) is 4.30. The van der Waals surface area contributed by atoms with Gasteiger partial charge in [0.15, 0.2) is 0 Å². The Morgan fingerprint density at radius 3 is 2.28 bits per heavy atom. The maximum absolute atomic E-state index is 13.2. The van der Waals surface area contributed by atoms with Crippen molar-refractivity contribution in [1.29, 1.82) is 0 Å². The molecule has 0 aliphatic rings. The molecule has 39 heavy (non-hydrogen) atoms. The summed E-state index contributed by atoms with van der Waals surface area (Å²) in [6.07, 6.45) is 3.02. The van der Waals surface area contributed by atoms with E-state index in [1.165, 1.54) is 18.0 Å². The molecule has 3 amide bonds. The Morgan fingerprint density at radius 2 is 1.56 bits per heavy atom. The standard InChI is InChI=1S/C29H22Cl2N4O3S/c30-21-11-9-19(10-12-21)15-25(34-28(37)20-5-2-1-3-6-20)29(38)33-23-7-4-8-24(16-23)39-18-27(36)35-26-14-13-22(31)17-32-26/h1-17H,18H2,(H,33,38)(H,34,37)(H,32,35,36)/b25-15-. The minimum absolute atomic E-state index is 0.0547. The molecule has 0 aliphatic carbocycles. The van der Waals surface area contributed by atoms with Gasteiger partial charge >= 0.3 is 0 Å². The highest BCUT2D eigenvalue weighted by atomic mass is 35.5. The fraction of sp³-hybridized carbons (Fsp3) is 0.0345. The lowest BCUT2D eigenvalue weighted by atomic mass is 10.1. The van der Waals surface area contributed by atoms with E-state index in [9.17, 15) is 14.4 Å². The first-order chi connectivity index (χ1) is 18.9. The minimum atomic E-state index is -0.511. The van der Waals surface area contributed by atoms with Crippen molar-refractivity contribution in [3.05, 3.63) is 124 Å². The number of aromatic nitrogens is 1. The molecule has 0 saturated carbocycles. The number of hydrogen-bond donors (Lipinski definition) is 3. The van der Waals surface area contributed by atoms with Crippen LogP contribution in [0.5, 0.6) is 0 Å². The van der Waals surface area contributed by atoms with Crippen LogP contribution in [-0.2, 0) is 9.59 Å². The molecular weight excluding hydrogens is 555 g/mol. The van der Waals surface area contributed by atoms with Gasteiger partial charge in [-0.15, -0.1) is 11.8 Å². The van der Waals surface area contributed by atoms with Crippen molar-refractivity contribution in [1.82, 2.24) is 10.3 Å². The molecule has 0 bridgehead atoms. The topological polar surface area (TPSA) is 100 Å². The van der Waals surface area contributed by atoms with Crippen LogP contribution in [0.4, 0.5) is 11.5 Å². The summed E-state index contributed by atoms with van der Waals surface area (Å²) >= 11 is 13.1. The molecule has 4 rings (SSSR count). The van der Waals surface area contributed by atoms with Crippen LogP contribution in [0.1, 0.15) is 15.9 Å². The van der Waals surface area contributed by atoms with E-state index in [-0.39, 0.29) is 17.4 Å². The van der Waals surface area contributed by atoms with Crippen molar-refractivity contribution >= 4 is 70.3 Å². The van der Waals surface area contributed by atoms with Crippen molar-refractivity contribution in [2.24, 2.45) is 0 Å². The van der Waals surface area contributed by atoms with Crippen LogP contribution in [0, 0.1) is 0 Å². The van der Waals surface area contributed by atoms with E-state index < -0.39 is 11.8 Å². The highest BCUT2D eigenvalue weighted by Gasteiger charge is 2.15. The van der Waals surface area contributed by atoms with Gasteiger partial charge in [0.1, 0.15) is 11.5 Å². The number of carbonyl (C=O) groups excluding carboxylic acids is 3. The summed E-state index contributed by atoms with van der Waals surface area (Å²) in [5.41, 5.74) is 1.65. The molecule has 3 aromatic carbocycles. The van der Waals surface area contributed by atoms with Crippen molar-refractivity contribution < 1.29 is 14.4 Å². The molecule has 4 aromatic rings. The van der Waals surface area contributed by atoms with Crippen LogP contribution < -0.4 is 16.0 Å². The van der Waals surface area contributed by atoms with E-state index in [2.05, 4.69) is 20.9 Å². The van der Waals surface area contributed by atoms with Crippen LogP contribution in [0.2, 0.25) is 10.0 Å². The van der Waals surface area contributed by atoms with Crippen LogP contribution in [-0.4, -0.2) is 28.5 Å². The number of thioether (sulfide) groups is 1. The molecule has 0 unspecified atom stereocenters. The Kier molecular flexibility index (Phi) is 9.74. The molecular formula is C29H22Cl2N4O3S. The fourth-order valence-electron chi connectivity index (χ4n) is 3.31. The highest BCUT2D eigenvalue weighted by molar-refractivity contribution is 8.00. The first-order valence-corrected chi connectivity index (χ1v) is 13.4. The van der Waals surface area contributed by atoms with Crippen LogP contribution >= 0.6 is 35.0 Å². The first-order valence-electron chi connectivity index (χ1n) is 11.6. The molecule has 1 aromatic heterocycles. The highest BCUT2D eigenvalue weighted by Crippen LogP contribution is 2.23. The molecule has 0 radical (unpaired) electrons. The maximum atomic E-state index is 13.2. The molecule has 0 fully saturated rings. The van der Waals surface area contributed by atoms with E-state index in [0.29, 0.717) is 32.7 Å². The average Bonchev–Trinajstić information content (AvgIpc) is 2.94. The third-order valence-electron chi connectivity index (χ3n) is 5.17. The Bertz CT molecular complexity index is 1500. The van der Waals surface area contributed by atoms with Crippen molar-refractivity contribution in [3.8, 4) is 0 Å². The van der Waals surface area contributed by atoms with E-state index in [1.807, 2.05) is 6.07 Å². The Hall–Kier alpha value is -4.11. The third-order valence-corrected chi connectivity index (χ3v) is 6.64. The number of hydrogen-bond acceptors (Lipinski definition) is 5. The van der Waals surface area contributed by atoms with Gasteiger partial charge in [-0.1, -0.05) is 59.6 Å². The van der Waals surface area contributed by atoms with Gasteiger partial charge in [-0.25, -0.2) is 4.98 Å². The van der Waals surface area contributed by atoms with E-state index in [4.69, 9.17) is 23.2 Å². The van der Waals surface area contributed by atoms with Gasteiger partial charge in [0.05, 0.1) is 10.8 Å².